The molecular weight excluding hydrogens is 237 g/mol. The molecule has 15 heavy (non-hydrogen) atoms. The Kier molecular flexibility index (Phi) is 3.71. The van der Waals surface area contributed by atoms with Crippen molar-refractivity contribution in [2.75, 3.05) is 12.1 Å². The van der Waals surface area contributed by atoms with Gasteiger partial charge in [-0.2, -0.15) is 5.10 Å². The van der Waals surface area contributed by atoms with Gasteiger partial charge in [-0.25, -0.2) is 4.99 Å². The van der Waals surface area contributed by atoms with Gasteiger partial charge in [0.25, 0.3) is 0 Å². The van der Waals surface area contributed by atoms with E-state index in [4.69, 9.17) is 11.6 Å². The summed E-state index contributed by atoms with van der Waals surface area (Å²) in [5.74, 6) is 1.52. The Morgan fingerprint density at radius 1 is 1.53 bits per heavy atom. The number of halogens is 2. The van der Waals surface area contributed by atoms with E-state index >= 15 is 0 Å². The number of anilines is 1. The number of rotatable bonds is 1. The number of nitrogens with zero attached hydrogens (tertiary/aromatic N) is 4. The second kappa shape index (κ2) is 4.63. The fraction of sp³-hybridized carbons (Fsp3) is 0.375. The zero-order valence-electron chi connectivity index (χ0n) is 8.36. The number of aromatic nitrogens is 2. The summed E-state index contributed by atoms with van der Waals surface area (Å²) in [6.07, 6.45) is 2.32. The molecule has 2 heterocycles. The molecule has 0 saturated heterocycles. The molecule has 0 spiro atoms. The Balaban J connectivity index is 0.00000112. The van der Waals surface area contributed by atoms with Gasteiger partial charge in [0.15, 0.2) is 5.82 Å². The minimum Gasteiger partial charge on any atom is -0.284 e. The molecule has 1 aliphatic heterocycles. The Bertz CT molecular complexity index is 393. The molecule has 0 radical (unpaired) electrons. The lowest BCUT2D eigenvalue weighted by Gasteiger charge is -2.26. The first-order valence-electron chi connectivity index (χ1n) is 4.31. The summed E-state index contributed by atoms with van der Waals surface area (Å²) in [6.45, 7) is 2.02. The van der Waals surface area contributed by atoms with E-state index in [9.17, 15) is 0 Å². The molecule has 1 N–H and O–H groups in total. The Hall–Kier alpha value is -1.07. The van der Waals surface area contributed by atoms with E-state index in [0.29, 0.717) is 16.5 Å². The first-order valence-corrected chi connectivity index (χ1v) is 4.69. The van der Waals surface area contributed by atoms with E-state index in [0.717, 1.165) is 12.3 Å². The highest BCUT2D eigenvalue weighted by Gasteiger charge is 2.18. The van der Waals surface area contributed by atoms with Crippen molar-refractivity contribution in [2.24, 2.45) is 4.99 Å². The second-order valence-electron chi connectivity index (χ2n) is 2.95. The Labute approximate surface area is 98.9 Å². The van der Waals surface area contributed by atoms with Gasteiger partial charge in [-0.15, -0.1) is 17.5 Å². The summed E-state index contributed by atoms with van der Waals surface area (Å²) in [6, 6.07) is 0. The summed E-state index contributed by atoms with van der Waals surface area (Å²) in [4.78, 5) is 4.34. The lowest BCUT2D eigenvalue weighted by molar-refractivity contribution is 0.803. The maximum Gasteiger partial charge on any atom is 0.197 e. The van der Waals surface area contributed by atoms with Crippen molar-refractivity contribution in [3.8, 4) is 0 Å². The molecule has 1 aromatic heterocycles. The van der Waals surface area contributed by atoms with Crippen LogP contribution in [0.4, 0.5) is 11.5 Å². The summed E-state index contributed by atoms with van der Waals surface area (Å²) < 4.78 is 0. The van der Waals surface area contributed by atoms with Crippen LogP contribution >= 0.6 is 24.0 Å². The third-order valence-corrected chi connectivity index (χ3v) is 2.23. The van der Waals surface area contributed by atoms with Gasteiger partial charge in [0.2, 0.25) is 0 Å². The molecule has 0 saturated carbocycles. The number of fused-ring (bicyclic) bond motifs is 1. The smallest absolute Gasteiger partial charge is 0.197 e. The largest absolute Gasteiger partial charge is 0.284 e. The third kappa shape index (κ3) is 2.13. The number of amidine groups is 1. The van der Waals surface area contributed by atoms with Crippen LogP contribution in [0, 0.1) is 0 Å². The number of hydrogen-bond acceptors (Lipinski definition) is 5. The molecule has 1 aliphatic rings. The molecule has 82 valence electrons. The van der Waals surface area contributed by atoms with Crippen molar-refractivity contribution in [1.82, 2.24) is 15.6 Å². The molecule has 0 aromatic carbocycles. The Morgan fingerprint density at radius 2 is 2.27 bits per heavy atom. The highest BCUT2D eigenvalue weighted by molar-refractivity contribution is 6.33. The first-order chi connectivity index (χ1) is 6.72. The fourth-order valence-corrected chi connectivity index (χ4v) is 1.41. The van der Waals surface area contributed by atoms with Crippen LogP contribution in [0.3, 0.4) is 0 Å². The van der Waals surface area contributed by atoms with Crippen molar-refractivity contribution in [3.63, 3.8) is 0 Å². The Morgan fingerprint density at radius 3 is 2.93 bits per heavy atom. The van der Waals surface area contributed by atoms with Gasteiger partial charge < -0.3 is 0 Å². The minimum absolute atomic E-state index is 0. The van der Waals surface area contributed by atoms with E-state index in [1.54, 1.807) is 5.01 Å². The maximum absolute atomic E-state index is 5.97. The van der Waals surface area contributed by atoms with Crippen LogP contribution in [0.15, 0.2) is 11.2 Å². The van der Waals surface area contributed by atoms with E-state index in [2.05, 4.69) is 20.6 Å². The second-order valence-corrected chi connectivity index (χ2v) is 3.35. The van der Waals surface area contributed by atoms with Gasteiger partial charge in [0.05, 0.1) is 11.2 Å². The predicted octanol–water partition coefficient (Wildman–Crippen LogP) is 1.95. The minimum atomic E-state index is 0. The highest BCUT2D eigenvalue weighted by atomic mass is 35.5. The zero-order chi connectivity index (χ0) is 10.1. The average molecular weight is 248 g/mol. The average Bonchev–Trinajstić information content (AvgIpc) is 2.19. The fourth-order valence-electron chi connectivity index (χ4n) is 1.24. The highest BCUT2D eigenvalue weighted by Crippen LogP contribution is 2.33. The number of hydrogen-bond donors (Lipinski definition) is 1. The SMILES string of the molecule is CCC1=Nc2c(Cl)cnnc2N(C)N1.Cl. The van der Waals surface area contributed by atoms with Gasteiger partial charge in [0, 0.05) is 13.5 Å². The lowest BCUT2D eigenvalue weighted by Crippen LogP contribution is -2.41. The normalized spacial score (nSPS) is 13.5. The molecule has 2 rings (SSSR count). The van der Waals surface area contributed by atoms with Gasteiger partial charge in [-0.3, -0.25) is 10.4 Å². The van der Waals surface area contributed by atoms with Crippen molar-refractivity contribution in [2.45, 2.75) is 13.3 Å². The topological polar surface area (TPSA) is 53.4 Å². The molecule has 0 bridgehead atoms. The maximum atomic E-state index is 5.97. The number of nitrogens with one attached hydrogen (secondary N) is 1. The predicted molar refractivity (Wildman–Crippen MR) is 63.2 cm³/mol. The van der Waals surface area contributed by atoms with Crippen LogP contribution in [0.1, 0.15) is 13.3 Å². The van der Waals surface area contributed by atoms with E-state index in [1.807, 2.05) is 14.0 Å². The summed E-state index contributed by atoms with van der Waals surface area (Å²) >= 11 is 5.97. The van der Waals surface area contributed by atoms with Gasteiger partial charge in [0.1, 0.15) is 11.5 Å². The van der Waals surface area contributed by atoms with E-state index in [-0.39, 0.29) is 12.4 Å². The van der Waals surface area contributed by atoms with E-state index in [1.165, 1.54) is 6.20 Å². The van der Waals surface area contributed by atoms with Crippen LogP contribution in [-0.2, 0) is 0 Å². The quantitative estimate of drug-likeness (QED) is 0.825. The van der Waals surface area contributed by atoms with Gasteiger partial charge in [-0.05, 0) is 0 Å². The van der Waals surface area contributed by atoms with Crippen LogP contribution in [0.25, 0.3) is 0 Å². The summed E-state index contributed by atoms with van der Waals surface area (Å²) in [7, 11) is 1.86. The van der Waals surface area contributed by atoms with Crippen molar-refractivity contribution in [3.05, 3.63) is 11.2 Å². The van der Waals surface area contributed by atoms with Crippen molar-refractivity contribution >= 4 is 41.3 Å². The lowest BCUT2D eigenvalue weighted by atomic mass is 10.3. The molecule has 5 nitrogen and oxygen atoms in total. The molecule has 0 fully saturated rings. The van der Waals surface area contributed by atoms with Crippen LogP contribution in [0.5, 0.6) is 0 Å². The molecular formula is C8H11Cl2N5. The van der Waals surface area contributed by atoms with Crippen LogP contribution < -0.4 is 10.4 Å². The standard InChI is InChI=1S/C8H10ClN5.ClH/c1-3-6-11-7-5(9)4-10-12-8(7)14(2)13-6;/h4H,3H2,1-2H3,(H,11,13);1H. The van der Waals surface area contributed by atoms with Crippen molar-refractivity contribution < 1.29 is 0 Å². The zero-order valence-corrected chi connectivity index (χ0v) is 9.93. The number of hydrazine groups is 1. The van der Waals surface area contributed by atoms with Gasteiger partial charge in [-0.1, -0.05) is 18.5 Å². The molecule has 7 heteroatoms. The third-order valence-electron chi connectivity index (χ3n) is 1.96. The van der Waals surface area contributed by atoms with Gasteiger partial charge >= 0.3 is 0 Å². The monoisotopic (exact) mass is 247 g/mol. The van der Waals surface area contributed by atoms with Crippen molar-refractivity contribution in [1.29, 1.82) is 0 Å². The first kappa shape index (κ1) is 12.0. The van der Waals surface area contributed by atoms with E-state index < -0.39 is 0 Å². The molecule has 0 aliphatic carbocycles. The summed E-state index contributed by atoms with van der Waals surface area (Å²) in [5.41, 5.74) is 3.75. The van der Waals surface area contributed by atoms with Crippen LogP contribution in [-0.4, -0.2) is 23.1 Å². The number of aliphatic imine (C=N–C) groups is 1. The molecule has 0 amide bonds. The van der Waals surface area contributed by atoms with Crippen LogP contribution in [0.2, 0.25) is 5.02 Å². The molecule has 0 atom stereocenters. The summed E-state index contributed by atoms with van der Waals surface area (Å²) in [5, 5.41) is 10.0. The molecule has 1 aromatic rings. The molecule has 0 unspecified atom stereocenters.